The molecule has 3 heterocycles. The Kier molecular flexibility index (Phi) is 5.25. The number of tetrazole rings is 1. The van der Waals surface area contributed by atoms with Crippen molar-refractivity contribution in [2.45, 2.75) is 26.6 Å². The average Bonchev–Trinajstić information content (AvgIpc) is 3.50. The van der Waals surface area contributed by atoms with Crippen molar-refractivity contribution in [2.24, 2.45) is 0 Å². The molecule has 0 saturated carbocycles. The van der Waals surface area contributed by atoms with Crippen molar-refractivity contribution < 1.29 is 9.21 Å². The molecule has 5 rings (SSSR count). The molecule has 0 radical (unpaired) electrons. The lowest BCUT2D eigenvalue weighted by molar-refractivity contribution is 0.187. The van der Waals surface area contributed by atoms with Crippen molar-refractivity contribution in [1.82, 2.24) is 30.3 Å². The van der Waals surface area contributed by atoms with Gasteiger partial charge in [-0.2, -0.15) is 4.52 Å². The predicted octanol–water partition coefficient (Wildman–Crippen LogP) is 4.09. The van der Waals surface area contributed by atoms with Gasteiger partial charge in [0.05, 0.1) is 24.9 Å². The Morgan fingerprint density at radius 1 is 1.06 bits per heavy atom. The molecule has 0 bridgehead atoms. The van der Waals surface area contributed by atoms with E-state index in [2.05, 4.69) is 26.9 Å². The molecular weight excluding hydrogens is 404 g/mol. The van der Waals surface area contributed by atoms with Crippen LogP contribution < -0.4 is 5.32 Å². The molecule has 0 aliphatic carbocycles. The van der Waals surface area contributed by atoms with Gasteiger partial charge in [-0.1, -0.05) is 42.0 Å². The third-order valence-corrected chi connectivity index (χ3v) is 5.36. The van der Waals surface area contributed by atoms with Gasteiger partial charge >= 0.3 is 6.03 Å². The summed E-state index contributed by atoms with van der Waals surface area (Å²) in [7, 11) is 0. The Balaban J connectivity index is 1.46. The van der Waals surface area contributed by atoms with Crippen LogP contribution in [0.3, 0.4) is 0 Å². The number of amides is 2. The number of furan rings is 1. The van der Waals surface area contributed by atoms with Crippen molar-refractivity contribution in [3.63, 3.8) is 0 Å². The molecule has 0 fully saturated rings. The fraction of sp³-hybridized carbons (Fsp3) is 0.167. The monoisotopic (exact) mass is 426 g/mol. The minimum Gasteiger partial charge on any atom is -0.467 e. The SMILES string of the molecule is Cc1ccc2c(c1)cc(CN(Cc1ccco1)C(=O)NCc1ccccc1)c1nnnn12. The van der Waals surface area contributed by atoms with E-state index in [9.17, 15) is 4.79 Å². The highest BCUT2D eigenvalue weighted by Gasteiger charge is 2.19. The van der Waals surface area contributed by atoms with Crippen molar-refractivity contribution in [1.29, 1.82) is 0 Å². The number of fused-ring (bicyclic) bond motifs is 3. The van der Waals surface area contributed by atoms with E-state index in [1.54, 1.807) is 15.7 Å². The summed E-state index contributed by atoms with van der Waals surface area (Å²) >= 11 is 0. The molecule has 0 unspecified atom stereocenters. The van der Waals surface area contributed by atoms with Crippen LogP contribution in [0.25, 0.3) is 16.6 Å². The first-order chi connectivity index (χ1) is 15.7. The number of aromatic nitrogens is 4. The lowest BCUT2D eigenvalue weighted by Gasteiger charge is -2.23. The van der Waals surface area contributed by atoms with Crippen molar-refractivity contribution in [2.75, 3.05) is 0 Å². The highest BCUT2D eigenvalue weighted by Crippen LogP contribution is 2.22. The zero-order chi connectivity index (χ0) is 21.9. The molecule has 5 aromatic rings. The average molecular weight is 426 g/mol. The number of nitrogens with zero attached hydrogens (tertiary/aromatic N) is 5. The van der Waals surface area contributed by atoms with Crippen LogP contribution in [0.15, 0.2) is 77.4 Å². The molecule has 0 saturated heterocycles. The maximum absolute atomic E-state index is 13.2. The van der Waals surface area contributed by atoms with E-state index in [1.165, 1.54) is 0 Å². The summed E-state index contributed by atoms with van der Waals surface area (Å²) in [4.78, 5) is 14.9. The van der Waals surface area contributed by atoms with Crippen molar-refractivity contribution >= 4 is 22.6 Å². The number of hydrogen-bond donors (Lipinski definition) is 1. The predicted molar refractivity (Wildman–Crippen MR) is 120 cm³/mol. The molecule has 3 aromatic heterocycles. The van der Waals surface area contributed by atoms with Gasteiger partial charge in [-0.25, -0.2) is 4.79 Å². The summed E-state index contributed by atoms with van der Waals surface area (Å²) in [5, 5.41) is 16.3. The highest BCUT2D eigenvalue weighted by atomic mass is 16.3. The van der Waals surface area contributed by atoms with Gasteiger partial charge in [0.15, 0.2) is 5.65 Å². The second-order valence-electron chi connectivity index (χ2n) is 7.73. The van der Waals surface area contributed by atoms with Gasteiger partial charge in [0.25, 0.3) is 0 Å². The number of carbonyl (C=O) groups excluding carboxylic acids is 1. The largest absolute Gasteiger partial charge is 0.467 e. The first kappa shape index (κ1) is 19.7. The quantitative estimate of drug-likeness (QED) is 0.442. The molecule has 2 amide bonds. The van der Waals surface area contributed by atoms with E-state index < -0.39 is 0 Å². The molecule has 8 nitrogen and oxygen atoms in total. The zero-order valence-corrected chi connectivity index (χ0v) is 17.6. The second-order valence-corrected chi connectivity index (χ2v) is 7.73. The number of hydrogen-bond acceptors (Lipinski definition) is 5. The molecular formula is C24H22N6O2. The number of nitrogens with one attached hydrogen (secondary N) is 1. The van der Waals surface area contributed by atoms with E-state index in [-0.39, 0.29) is 6.03 Å². The van der Waals surface area contributed by atoms with Crippen LogP contribution in [0.5, 0.6) is 0 Å². The number of pyridine rings is 1. The van der Waals surface area contributed by atoms with E-state index >= 15 is 0 Å². The van der Waals surface area contributed by atoms with Gasteiger partial charge in [0.2, 0.25) is 0 Å². The Morgan fingerprint density at radius 3 is 2.75 bits per heavy atom. The Hall–Kier alpha value is -4.20. The second kappa shape index (κ2) is 8.50. The van der Waals surface area contributed by atoms with Gasteiger partial charge < -0.3 is 14.6 Å². The molecule has 0 aliphatic rings. The van der Waals surface area contributed by atoms with Gasteiger partial charge in [0.1, 0.15) is 5.76 Å². The third kappa shape index (κ3) is 4.02. The number of carbonyl (C=O) groups is 1. The van der Waals surface area contributed by atoms with Gasteiger partial charge in [0, 0.05) is 17.5 Å². The zero-order valence-electron chi connectivity index (χ0n) is 17.6. The molecule has 160 valence electrons. The summed E-state index contributed by atoms with van der Waals surface area (Å²) in [6.45, 7) is 3.14. The summed E-state index contributed by atoms with van der Waals surface area (Å²) in [5.41, 5.74) is 4.58. The Labute approximate surface area is 184 Å². The van der Waals surface area contributed by atoms with Crippen LogP contribution in [0, 0.1) is 6.92 Å². The minimum absolute atomic E-state index is 0.194. The molecule has 0 aliphatic heterocycles. The number of aryl methyl sites for hydroxylation is 1. The molecule has 32 heavy (non-hydrogen) atoms. The minimum atomic E-state index is -0.194. The maximum atomic E-state index is 13.2. The number of urea groups is 1. The van der Waals surface area contributed by atoms with Crippen molar-refractivity contribution in [3.8, 4) is 0 Å². The van der Waals surface area contributed by atoms with E-state index in [0.29, 0.717) is 31.0 Å². The fourth-order valence-corrected chi connectivity index (χ4v) is 3.78. The van der Waals surface area contributed by atoms with Crippen LogP contribution in [0.4, 0.5) is 4.79 Å². The normalized spacial score (nSPS) is 11.2. The standard InChI is InChI=1S/C24H22N6O2/c1-17-9-10-22-19(12-17)13-20(23-26-27-28-30(22)23)15-29(16-21-8-5-11-32-21)24(31)25-14-18-6-3-2-4-7-18/h2-13H,14-16H2,1H3,(H,25,31). The van der Waals surface area contributed by atoms with Gasteiger partial charge in [-0.15, -0.1) is 5.10 Å². The first-order valence-electron chi connectivity index (χ1n) is 10.4. The van der Waals surface area contributed by atoms with E-state index in [4.69, 9.17) is 4.42 Å². The van der Waals surface area contributed by atoms with Crippen LogP contribution in [0.1, 0.15) is 22.5 Å². The van der Waals surface area contributed by atoms with Crippen molar-refractivity contribution in [3.05, 3.63) is 95.4 Å². The summed E-state index contributed by atoms with van der Waals surface area (Å²) in [5.74, 6) is 0.701. The number of rotatable bonds is 6. The van der Waals surface area contributed by atoms with Crippen LogP contribution >= 0.6 is 0 Å². The molecule has 0 spiro atoms. The van der Waals surface area contributed by atoms with E-state index in [1.807, 2.05) is 67.6 Å². The van der Waals surface area contributed by atoms with Crippen LogP contribution in [0.2, 0.25) is 0 Å². The third-order valence-electron chi connectivity index (χ3n) is 5.36. The van der Waals surface area contributed by atoms with Gasteiger partial charge in [-0.05, 0) is 53.2 Å². The Bertz CT molecular complexity index is 1360. The summed E-state index contributed by atoms with van der Waals surface area (Å²) in [6.07, 6.45) is 1.61. The lowest BCUT2D eigenvalue weighted by Crippen LogP contribution is -2.38. The van der Waals surface area contributed by atoms with Gasteiger partial charge in [-0.3, -0.25) is 0 Å². The Morgan fingerprint density at radius 2 is 1.94 bits per heavy atom. The summed E-state index contributed by atoms with van der Waals surface area (Å²) in [6, 6.07) is 21.5. The van der Waals surface area contributed by atoms with Crippen LogP contribution in [-0.4, -0.2) is 31.0 Å². The number of benzene rings is 2. The topological polar surface area (TPSA) is 88.6 Å². The first-order valence-corrected chi connectivity index (χ1v) is 10.4. The molecule has 2 aromatic carbocycles. The highest BCUT2D eigenvalue weighted by molar-refractivity contribution is 5.84. The van der Waals surface area contributed by atoms with E-state index in [0.717, 1.165) is 27.6 Å². The van der Waals surface area contributed by atoms with Crippen LogP contribution in [-0.2, 0) is 19.6 Å². The smallest absolute Gasteiger partial charge is 0.318 e. The molecule has 1 N–H and O–H groups in total. The lowest BCUT2D eigenvalue weighted by atomic mass is 10.1. The molecule has 0 atom stereocenters. The summed E-state index contributed by atoms with van der Waals surface area (Å²) < 4.78 is 7.23. The maximum Gasteiger partial charge on any atom is 0.318 e. The molecule has 8 heteroatoms. The fourth-order valence-electron chi connectivity index (χ4n) is 3.78.